The van der Waals surface area contributed by atoms with E-state index in [1.165, 1.54) is 18.2 Å². The van der Waals surface area contributed by atoms with Gasteiger partial charge in [0, 0.05) is 39.5 Å². The Morgan fingerprint density at radius 2 is 1.72 bits per heavy atom. The van der Waals surface area contributed by atoms with Crippen LogP contribution in [0.15, 0.2) is 47.5 Å². The predicted octanol–water partition coefficient (Wildman–Crippen LogP) is 2.27. The standard InChI is InChI=1S/C20H22F3N3O5S/c1-30-13-14-31-18-17(3-2-8-24-18)19(27)25-9-11-26(12-10-25)32(28,29)16-6-4-15(5-7-16)20(21,22)23/h2-8H,9-14H2,1H3. The highest BCUT2D eigenvalue weighted by Crippen LogP contribution is 2.30. The zero-order valence-corrected chi connectivity index (χ0v) is 18.0. The molecule has 1 amide bonds. The zero-order chi connectivity index (χ0) is 23.4. The SMILES string of the molecule is COCCOc1ncccc1C(=O)N1CCN(S(=O)(=O)c2ccc(C(F)(F)F)cc2)CC1. The predicted molar refractivity (Wildman–Crippen MR) is 108 cm³/mol. The van der Waals surface area contributed by atoms with Crippen LogP contribution >= 0.6 is 0 Å². The van der Waals surface area contributed by atoms with E-state index >= 15 is 0 Å². The fraction of sp³-hybridized carbons (Fsp3) is 0.400. The smallest absolute Gasteiger partial charge is 0.416 e. The van der Waals surface area contributed by atoms with Gasteiger partial charge in [0.25, 0.3) is 5.91 Å². The van der Waals surface area contributed by atoms with Crippen molar-refractivity contribution in [3.63, 3.8) is 0 Å². The number of benzene rings is 1. The molecule has 2 heterocycles. The molecule has 0 radical (unpaired) electrons. The summed E-state index contributed by atoms with van der Waals surface area (Å²) in [7, 11) is -2.46. The third kappa shape index (κ3) is 5.37. The molecule has 174 valence electrons. The molecule has 12 heteroatoms. The molecule has 32 heavy (non-hydrogen) atoms. The van der Waals surface area contributed by atoms with Crippen LogP contribution in [0.2, 0.25) is 0 Å². The van der Waals surface area contributed by atoms with Crippen LogP contribution in [0.5, 0.6) is 5.88 Å². The lowest BCUT2D eigenvalue weighted by atomic mass is 10.2. The van der Waals surface area contributed by atoms with Crippen LogP contribution in [0.4, 0.5) is 13.2 Å². The van der Waals surface area contributed by atoms with Crippen molar-refractivity contribution >= 4 is 15.9 Å². The average Bonchev–Trinajstić information content (AvgIpc) is 2.79. The second-order valence-electron chi connectivity index (χ2n) is 6.92. The molecule has 1 aliphatic rings. The molecule has 2 aromatic rings. The molecule has 1 aliphatic heterocycles. The fourth-order valence-corrected chi connectivity index (χ4v) is 4.58. The molecule has 1 fully saturated rings. The van der Waals surface area contributed by atoms with E-state index in [0.29, 0.717) is 6.61 Å². The summed E-state index contributed by atoms with van der Waals surface area (Å²) < 4.78 is 75.3. The summed E-state index contributed by atoms with van der Waals surface area (Å²) in [6, 6.07) is 6.52. The van der Waals surface area contributed by atoms with Crippen molar-refractivity contribution in [2.45, 2.75) is 11.1 Å². The first-order valence-corrected chi connectivity index (χ1v) is 11.1. The van der Waals surface area contributed by atoms with Gasteiger partial charge in [-0.15, -0.1) is 0 Å². The number of alkyl halides is 3. The molecule has 0 aliphatic carbocycles. The van der Waals surface area contributed by atoms with Crippen LogP contribution in [0.1, 0.15) is 15.9 Å². The number of nitrogens with zero attached hydrogens (tertiary/aromatic N) is 3. The van der Waals surface area contributed by atoms with E-state index in [0.717, 1.165) is 28.6 Å². The minimum atomic E-state index is -4.55. The van der Waals surface area contributed by atoms with Crippen LogP contribution in [-0.4, -0.2) is 75.0 Å². The summed E-state index contributed by atoms with van der Waals surface area (Å²) in [5.41, 5.74) is -0.672. The van der Waals surface area contributed by atoms with Gasteiger partial charge in [0.1, 0.15) is 12.2 Å². The first-order valence-electron chi connectivity index (χ1n) is 9.68. The number of amides is 1. The molecule has 0 unspecified atom stereocenters. The van der Waals surface area contributed by atoms with Crippen LogP contribution < -0.4 is 4.74 Å². The maximum absolute atomic E-state index is 12.9. The van der Waals surface area contributed by atoms with E-state index < -0.39 is 21.8 Å². The average molecular weight is 473 g/mol. The highest BCUT2D eigenvalue weighted by Gasteiger charge is 2.33. The Balaban J connectivity index is 1.66. The van der Waals surface area contributed by atoms with Crippen molar-refractivity contribution in [1.82, 2.24) is 14.2 Å². The molecule has 0 N–H and O–H groups in total. The van der Waals surface area contributed by atoms with Gasteiger partial charge in [-0.05, 0) is 36.4 Å². The van der Waals surface area contributed by atoms with Gasteiger partial charge in [0.05, 0.1) is 17.1 Å². The number of sulfonamides is 1. The minimum absolute atomic E-state index is 0.00915. The Kier molecular flexibility index (Phi) is 7.36. The number of hydrogen-bond donors (Lipinski definition) is 0. The number of carbonyl (C=O) groups is 1. The first kappa shape index (κ1) is 24.0. The Morgan fingerprint density at radius 3 is 2.31 bits per heavy atom. The molecular weight excluding hydrogens is 451 g/mol. The van der Waals surface area contributed by atoms with Gasteiger partial charge in [-0.1, -0.05) is 0 Å². The zero-order valence-electron chi connectivity index (χ0n) is 17.2. The molecule has 8 nitrogen and oxygen atoms in total. The van der Waals surface area contributed by atoms with Crippen molar-refractivity contribution in [1.29, 1.82) is 0 Å². The van der Waals surface area contributed by atoms with Gasteiger partial charge in [-0.25, -0.2) is 13.4 Å². The monoisotopic (exact) mass is 473 g/mol. The Morgan fingerprint density at radius 1 is 1.06 bits per heavy atom. The van der Waals surface area contributed by atoms with E-state index in [1.807, 2.05) is 0 Å². The third-order valence-corrected chi connectivity index (χ3v) is 6.79. The summed E-state index contributed by atoms with van der Waals surface area (Å²) >= 11 is 0. The van der Waals surface area contributed by atoms with E-state index in [2.05, 4.69) is 4.98 Å². The Hall–Kier alpha value is -2.70. The summed E-state index contributed by atoms with van der Waals surface area (Å²) in [4.78, 5) is 18.2. The quantitative estimate of drug-likeness (QED) is 0.574. The van der Waals surface area contributed by atoms with Crippen molar-refractivity contribution in [2.75, 3.05) is 46.5 Å². The van der Waals surface area contributed by atoms with Crippen LogP contribution in [-0.2, 0) is 20.9 Å². The van der Waals surface area contributed by atoms with Gasteiger partial charge in [-0.3, -0.25) is 4.79 Å². The molecular formula is C20H22F3N3O5S. The van der Waals surface area contributed by atoms with Gasteiger partial charge >= 0.3 is 6.18 Å². The molecule has 0 spiro atoms. The van der Waals surface area contributed by atoms with Crippen molar-refractivity contribution in [2.24, 2.45) is 0 Å². The number of hydrogen-bond acceptors (Lipinski definition) is 6. The normalized spacial score (nSPS) is 15.6. The minimum Gasteiger partial charge on any atom is -0.475 e. The Labute approximate surface area is 183 Å². The number of ether oxygens (including phenoxy) is 2. The number of pyridine rings is 1. The number of aromatic nitrogens is 1. The third-order valence-electron chi connectivity index (χ3n) is 4.87. The number of carbonyl (C=O) groups excluding carboxylic acids is 1. The second-order valence-corrected chi connectivity index (χ2v) is 8.85. The molecule has 0 saturated carbocycles. The second kappa shape index (κ2) is 9.84. The van der Waals surface area contributed by atoms with E-state index in [-0.39, 0.29) is 55.0 Å². The van der Waals surface area contributed by atoms with Crippen LogP contribution in [0.3, 0.4) is 0 Å². The number of rotatable bonds is 7. The summed E-state index contributed by atoms with van der Waals surface area (Å²) in [6.45, 7) is 0.790. The molecule has 1 saturated heterocycles. The highest BCUT2D eigenvalue weighted by atomic mass is 32.2. The molecule has 0 bridgehead atoms. The van der Waals surface area contributed by atoms with E-state index in [9.17, 15) is 26.4 Å². The molecule has 1 aromatic heterocycles. The van der Waals surface area contributed by atoms with Crippen molar-refractivity contribution in [3.05, 3.63) is 53.7 Å². The summed E-state index contributed by atoms with van der Waals surface area (Å²) in [5.74, 6) is -0.188. The molecule has 0 atom stereocenters. The lowest BCUT2D eigenvalue weighted by molar-refractivity contribution is -0.137. The van der Waals surface area contributed by atoms with Gasteiger partial charge in [0.15, 0.2) is 0 Å². The number of methoxy groups -OCH3 is 1. The lowest BCUT2D eigenvalue weighted by Crippen LogP contribution is -2.50. The topological polar surface area (TPSA) is 89.0 Å². The fourth-order valence-electron chi connectivity index (χ4n) is 3.16. The molecule has 3 rings (SSSR count). The first-order chi connectivity index (χ1) is 15.1. The summed E-state index contributed by atoms with van der Waals surface area (Å²) in [6.07, 6.45) is -3.06. The summed E-state index contributed by atoms with van der Waals surface area (Å²) in [5, 5.41) is 0. The highest BCUT2D eigenvalue weighted by molar-refractivity contribution is 7.89. The maximum Gasteiger partial charge on any atom is 0.416 e. The molecule has 1 aromatic carbocycles. The van der Waals surface area contributed by atoms with Gasteiger partial charge < -0.3 is 14.4 Å². The largest absolute Gasteiger partial charge is 0.475 e. The van der Waals surface area contributed by atoms with Gasteiger partial charge in [-0.2, -0.15) is 17.5 Å². The van der Waals surface area contributed by atoms with Crippen LogP contribution in [0, 0.1) is 0 Å². The van der Waals surface area contributed by atoms with E-state index in [1.54, 1.807) is 12.1 Å². The number of halogens is 3. The van der Waals surface area contributed by atoms with Crippen molar-refractivity contribution in [3.8, 4) is 5.88 Å². The Bertz CT molecular complexity index is 1040. The lowest BCUT2D eigenvalue weighted by Gasteiger charge is -2.34. The van der Waals surface area contributed by atoms with E-state index in [4.69, 9.17) is 9.47 Å². The maximum atomic E-state index is 12.9. The van der Waals surface area contributed by atoms with Crippen LogP contribution in [0.25, 0.3) is 0 Å². The van der Waals surface area contributed by atoms with Crippen molar-refractivity contribution < 1.29 is 35.9 Å². The van der Waals surface area contributed by atoms with Gasteiger partial charge in [0.2, 0.25) is 15.9 Å². The number of piperazine rings is 1.